The standard InChI is InChI=1S/C11H16N2O2S/c1-2-16-7-10-12-11(15-13-10)8-3-5-9(14)6-4-8/h8H,2-7H2,1H3. The molecular formula is C11H16N2O2S. The fourth-order valence-corrected chi connectivity index (χ4v) is 2.38. The lowest BCUT2D eigenvalue weighted by atomic mass is 9.88. The quantitative estimate of drug-likeness (QED) is 0.809. The van der Waals surface area contributed by atoms with E-state index in [1.165, 1.54) is 0 Å². The second-order valence-electron chi connectivity index (χ2n) is 4.00. The second kappa shape index (κ2) is 5.48. The summed E-state index contributed by atoms with van der Waals surface area (Å²) >= 11 is 1.78. The van der Waals surface area contributed by atoms with Crippen LogP contribution in [0.25, 0.3) is 0 Å². The van der Waals surface area contributed by atoms with Crippen molar-refractivity contribution >= 4 is 17.5 Å². The van der Waals surface area contributed by atoms with Gasteiger partial charge in [-0.25, -0.2) is 0 Å². The predicted octanol–water partition coefficient (Wildman–Crippen LogP) is 2.55. The molecule has 0 aromatic carbocycles. The zero-order valence-electron chi connectivity index (χ0n) is 9.44. The van der Waals surface area contributed by atoms with Crippen LogP contribution in [0.1, 0.15) is 50.2 Å². The molecule has 1 aromatic rings. The number of rotatable bonds is 4. The summed E-state index contributed by atoms with van der Waals surface area (Å²) in [7, 11) is 0. The first kappa shape index (κ1) is 11.6. The average molecular weight is 240 g/mol. The minimum atomic E-state index is 0.297. The van der Waals surface area contributed by atoms with Crippen molar-refractivity contribution in [1.29, 1.82) is 0 Å². The number of hydrogen-bond donors (Lipinski definition) is 0. The summed E-state index contributed by atoms with van der Waals surface area (Å²) < 4.78 is 5.25. The summed E-state index contributed by atoms with van der Waals surface area (Å²) in [5.74, 6) is 4.02. The van der Waals surface area contributed by atoms with Crippen molar-refractivity contribution in [2.24, 2.45) is 0 Å². The van der Waals surface area contributed by atoms with Gasteiger partial charge < -0.3 is 4.52 Å². The van der Waals surface area contributed by atoms with E-state index < -0.39 is 0 Å². The largest absolute Gasteiger partial charge is 0.339 e. The monoisotopic (exact) mass is 240 g/mol. The molecule has 1 aliphatic rings. The highest BCUT2D eigenvalue weighted by Gasteiger charge is 2.24. The van der Waals surface area contributed by atoms with Crippen LogP contribution in [0.15, 0.2) is 4.52 Å². The number of carbonyl (C=O) groups excluding carboxylic acids is 1. The highest BCUT2D eigenvalue weighted by Crippen LogP contribution is 2.30. The first-order chi connectivity index (χ1) is 7.79. The molecule has 5 heteroatoms. The number of Topliss-reactive ketones (excluding diaryl/α,β-unsaturated/α-hetero) is 1. The number of ketones is 1. The summed E-state index contributed by atoms with van der Waals surface area (Å²) in [6.07, 6.45) is 3.04. The Bertz CT molecular complexity index is 355. The van der Waals surface area contributed by atoms with Crippen LogP contribution in [0.3, 0.4) is 0 Å². The lowest BCUT2D eigenvalue weighted by molar-refractivity contribution is -0.120. The Balaban J connectivity index is 1.93. The molecule has 0 N–H and O–H groups in total. The zero-order chi connectivity index (χ0) is 11.4. The number of hydrogen-bond acceptors (Lipinski definition) is 5. The Kier molecular flexibility index (Phi) is 3.98. The Morgan fingerprint density at radius 3 is 2.88 bits per heavy atom. The molecule has 16 heavy (non-hydrogen) atoms. The molecule has 0 amide bonds. The van der Waals surface area contributed by atoms with Gasteiger partial charge in [0.2, 0.25) is 5.89 Å². The van der Waals surface area contributed by atoms with Crippen LogP contribution in [0, 0.1) is 0 Å². The van der Waals surface area contributed by atoms with E-state index in [1.807, 2.05) is 0 Å². The molecule has 0 aliphatic heterocycles. The maximum atomic E-state index is 11.1. The first-order valence-corrected chi connectivity index (χ1v) is 6.87. The molecule has 4 nitrogen and oxygen atoms in total. The summed E-state index contributed by atoms with van der Waals surface area (Å²) in [4.78, 5) is 15.5. The number of carbonyl (C=O) groups is 1. The lowest BCUT2D eigenvalue weighted by Crippen LogP contribution is -2.12. The molecule has 0 bridgehead atoms. The van der Waals surface area contributed by atoms with Gasteiger partial charge in [0.1, 0.15) is 5.78 Å². The average Bonchev–Trinajstić information content (AvgIpc) is 2.76. The van der Waals surface area contributed by atoms with Crippen molar-refractivity contribution in [2.75, 3.05) is 5.75 Å². The molecular weight excluding hydrogens is 224 g/mol. The first-order valence-electron chi connectivity index (χ1n) is 5.71. The Labute approximate surface area is 99.2 Å². The van der Waals surface area contributed by atoms with E-state index in [4.69, 9.17) is 4.52 Å². The zero-order valence-corrected chi connectivity index (χ0v) is 10.3. The maximum absolute atomic E-state index is 11.1. The molecule has 0 saturated heterocycles. The van der Waals surface area contributed by atoms with Crippen molar-refractivity contribution < 1.29 is 9.32 Å². The number of nitrogens with zero attached hydrogens (tertiary/aromatic N) is 2. The molecule has 0 radical (unpaired) electrons. The van der Waals surface area contributed by atoms with Crippen LogP contribution < -0.4 is 0 Å². The summed E-state index contributed by atoms with van der Waals surface area (Å²) in [5, 5.41) is 3.96. The minimum absolute atomic E-state index is 0.297. The van der Waals surface area contributed by atoms with Crippen LogP contribution >= 0.6 is 11.8 Å². The van der Waals surface area contributed by atoms with Crippen molar-refractivity contribution in [3.05, 3.63) is 11.7 Å². The van der Waals surface area contributed by atoms with Gasteiger partial charge in [-0.15, -0.1) is 0 Å². The molecule has 88 valence electrons. The van der Waals surface area contributed by atoms with E-state index in [1.54, 1.807) is 11.8 Å². The Hall–Kier alpha value is -0.840. The van der Waals surface area contributed by atoms with Crippen molar-refractivity contribution in [1.82, 2.24) is 10.1 Å². The van der Waals surface area contributed by atoms with Gasteiger partial charge in [-0.2, -0.15) is 16.7 Å². The topological polar surface area (TPSA) is 56.0 Å². The number of aromatic nitrogens is 2. The van der Waals surface area contributed by atoms with Crippen molar-refractivity contribution in [3.63, 3.8) is 0 Å². The van der Waals surface area contributed by atoms with E-state index in [-0.39, 0.29) is 0 Å². The van der Waals surface area contributed by atoms with Crippen LogP contribution in [0.5, 0.6) is 0 Å². The Morgan fingerprint density at radius 2 is 2.19 bits per heavy atom. The fourth-order valence-electron chi connectivity index (χ4n) is 1.87. The van der Waals surface area contributed by atoms with Gasteiger partial charge in [0.15, 0.2) is 5.82 Å². The summed E-state index contributed by atoms with van der Waals surface area (Å²) in [6.45, 7) is 2.11. The minimum Gasteiger partial charge on any atom is -0.339 e. The maximum Gasteiger partial charge on any atom is 0.229 e. The summed E-state index contributed by atoms with van der Waals surface area (Å²) in [5.41, 5.74) is 0. The predicted molar refractivity (Wildman–Crippen MR) is 62.4 cm³/mol. The van der Waals surface area contributed by atoms with E-state index in [0.717, 1.165) is 36.1 Å². The molecule has 0 atom stereocenters. The van der Waals surface area contributed by atoms with Crippen molar-refractivity contribution in [3.8, 4) is 0 Å². The van der Waals surface area contributed by atoms with E-state index >= 15 is 0 Å². The van der Waals surface area contributed by atoms with Crippen LogP contribution in [0.4, 0.5) is 0 Å². The van der Waals surface area contributed by atoms with Gasteiger partial charge in [0.05, 0.1) is 5.75 Å². The van der Waals surface area contributed by atoms with Crippen molar-refractivity contribution in [2.45, 2.75) is 44.3 Å². The van der Waals surface area contributed by atoms with Gasteiger partial charge in [-0.1, -0.05) is 12.1 Å². The molecule has 1 fully saturated rings. The van der Waals surface area contributed by atoms with Gasteiger partial charge in [-0.05, 0) is 18.6 Å². The van der Waals surface area contributed by atoms with Gasteiger partial charge in [0.25, 0.3) is 0 Å². The Morgan fingerprint density at radius 1 is 1.44 bits per heavy atom. The molecule has 2 rings (SSSR count). The van der Waals surface area contributed by atoms with Crippen LogP contribution in [-0.4, -0.2) is 21.7 Å². The second-order valence-corrected chi connectivity index (χ2v) is 5.27. The molecule has 0 spiro atoms. The number of thioether (sulfide) groups is 1. The summed E-state index contributed by atoms with van der Waals surface area (Å²) in [6, 6.07) is 0. The molecule has 1 aromatic heterocycles. The highest BCUT2D eigenvalue weighted by atomic mass is 32.2. The third-order valence-corrected chi connectivity index (χ3v) is 3.68. The smallest absolute Gasteiger partial charge is 0.229 e. The van der Waals surface area contributed by atoms with Gasteiger partial charge >= 0.3 is 0 Å². The molecule has 1 heterocycles. The van der Waals surface area contributed by atoms with E-state index in [0.29, 0.717) is 24.5 Å². The van der Waals surface area contributed by atoms with Gasteiger partial charge in [0, 0.05) is 18.8 Å². The van der Waals surface area contributed by atoms with Crippen LogP contribution in [0.2, 0.25) is 0 Å². The van der Waals surface area contributed by atoms with Crippen LogP contribution in [-0.2, 0) is 10.5 Å². The lowest BCUT2D eigenvalue weighted by Gasteiger charge is -2.16. The third kappa shape index (κ3) is 2.84. The molecule has 0 unspecified atom stereocenters. The third-order valence-electron chi connectivity index (χ3n) is 2.81. The SMILES string of the molecule is CCSCc1noc(C2CCC(=O)CC2)n1. The van der Waals surface area contributed by atoms with E-state index in [2.05, 4.69) is 17.1 Å². The van der Waals surface area contributed by atoms with E-state index in [9.17, 15) is 4.79 Å². The normalized spacial score (nSPS) is 17.9. The highest BCUT2D eigenvalue weighted by molar-refractivity contribution is 7.98. The molecule has 1 saturated carbocycles. The van der Waals surface area contributed by atoms with Gasteiger partial charge in [-0.3, -0.25) is 4.79 Å². The molecule has 1 aliphatic carbocycles. The fraction of sp³-hybridized carbons (Fsp3) is 0.727.